The molecule has 1 fully saturated rings. The molecular formula is C20H23NO. The molecule has 2 heteroatoms. The molecule has 1 aliphatic rings. The van der Waals surface area contributed by atoms with Crippen molar-refractivity contribution in [1.29, 1.82) is 0 Å². The van der Waals surface area contributed by atoms with Crippen LogP contribution in [-0.4, -0.2) is 11.9 Å². The van der Waals surface area contributed by atoms with Gasteiger partial charge in [0.1, 0.15) is 0 Å². The lowest BCUT2D eigenvalue weighted by atomic mass is 9.86. The molecule has 22 heavy (non-hydrogen) atoms. The van der Waals surface area contributed by atoms with Gasteiger partial charge in [0.05, 0.1) is 0 Å². The smallest absolute Gasteiger partial charge is 0.251 e. The molecule has 2 atom stereocenters. The van der Waals surface area contributed by atoms with Gasteiger partial charge in [-0.25, -0.2) is 0 Å². The topological polar surface area (TPSA) is 29.1 Å². The second kappa shape index (κ2) is 6.78. The molecule has 1 saturated carbocycles. The third kappa shape index (κ3) is 3.38. The molecular weight excluding hydrogens is 270 g/mol. The number of hydrogen-bond donors (Lipinski definition) is 1. The summed E-state index contributed by atoms with van der Waals surface area (Å²) in [4.78, 5) is 12.4. The highest BCUT2D eigenvalue weighted by atomic mass is 16.1. The Bertz CT molecular complexity index is 618. The Morgan fingerprint density at radius 3 is 2.23 bits per heavy atom. The molecule has 0 heterocycles. The number of benzene rings is 2. The van der Waals surface area contributed by atoms with Gasteiger partial charge in [-0.3, -0.25) is 4.79 Å². The average Bonchev–Trinajstić information content (AvgIpc) is 2.58. The van der Waals surface area contributed by atoms with Crippen LogP contribution < -0.4 is 5.32 Å². The summed E-state index contributed by atoms with van der Waals surface area (Å²) in [5, 5.41) is 3.21. The lowest BCUT2D eigenvalue weighted by molar-refractivity contribution is 0.0910. The van der Waals surface area contributed by atoms with Crippen LogP contribution in [0, 0.1) is 5.92 Å². The Kier molecular flexibility index (Phi) is 4.57. The molecule has 2 aromatic carbocycles. The van der Waals surface area contributed by atoms with Crippen molar-refractivity contribution >= 4 is 5.91 Å². The molecule has 0 spiro atoms. The summed E-state index contributed by atoms with van der Waals surface area (Å²) in [5.74, 6) is 0.639. The number of nitrogens with one attached hydrogen (secondary N) is 1. The van der Waals surface area contributed by atoms with Gasteiger partial charge in [-0.15, -0.1) is 0 Å². The van der Waals surface area contributed by atoms with Crippen LogP contribution in [0.25, 0.3) is 11.1 Å². The highest BCUT2D eigenvalue weighted by Gasteiger charge is 2.23. The third-order valence-corrected chi connectivity index (χ3v) is 4.68. The van der Waals surface area contributed by atoms with Gasteiger partial charge in [0.15, 0.2) is 0 Å². The maximum atomic E-state index is 12.4. The zero-order valence-corrected chi connectivity index (χ0v) is 13.1. The quantitative estimate of drug-likeness (QED) is 0.876. The van der Waals surface area contributed by atoms with Crippen molar-refractivity contribution in [2.75, 3.05) is 0 Å². The molecule has 0 unspecified atom stereocenters. The molecule has 3 rings (SSSR count). The van der Waals surface area contributed by atoms with Crippen LogP contribution in [0.4, 0.5) is 0 Å². The van der Waals surface area contributed by atoms with Crippen molar-refractivity contribution in [2.24, 2.45) is 5.92 Å². The van der Waals surface area contributed by atoms with Gasteiger partial charge in [0.2, 0.25) is 0 Å². The fraction of sp³-hybridized carbons (Fsp3) is 0.350. The van der Waals surface area contributed by atoms with E-state index >= 15 is 0 Å². The Labute approximate surface area is 132 Å². The van der Waals surface area contributed by atoms with Gasteiger partial charge in [-0.1, -0.05) is 62.2 Å². The van der Waals surface area contributed by atoms with Crippen molar-refractivity contribution in [1.82, 2.24) is 5.32 Å². The van der Waals surface area contributed by atoms with E-state index in [9.17, 15) is 4.79 Å². The van der Waals surface area contributed by atoms with E-state index in [-0.39, 0.29) is 5.91 Å². The summed E-state index contributed by atoms with van der Waals surface area (Å²) >= 11 is 0. The van der Waals surface area contributed by atoms with Crippen LogP contribution in [0.15, 0.2) is 54.6 Å². The molecule has 0 radical (unpaired) electrons. The summed E-state index contributed by atoms with van der Waals surface area (Å²) in [6.45, 7) is 2.24. The zero-order valence-electron chi connectivity index (χ0n) is 13.1. The maximum absolute atomic E-state index is 12.4. The molecule has 2 nitrogen and oxygen atoms in total. The first kappa shape index (κ1) is 14.8. The molecule has 1 N–H and O–H groups in total. The third-order valence-electron chi connectivity index (χ3n) is 4.68. The van der Waals surface area contributed by atoms with Crippen LogP contribution >= 0.6 is 0 Å². The first-order valence-electron chi connectivity index (χ1n) is 8.20. The summed E-state index contributed by atoms with van der Waals surface area (Å²) in [6.07, 6.45) is 4.84. The Morgan fingerprint density at radius 2 is 1.55 bits per heavy atom. The molecule has 0 aliphatic heterocycles. The van der Waals surface area contributed by atoms with E-state index in [4.69, 9.17) is 0 Å². The second-order valence-electron chi connectivity index (χ2n) is 6.29. The molecule has 0 aromatic heterocycles. The van der Waals surface area contributed by atoms with Gasteiger partial charge in [-0.2, -0.15) is 0 Å². The molecule has 1 amide bonds. The van der Waals surface area contributed by atoms with Crippen molar-refractivity contribution in [3.05, 3.63) is 60.2 Å². The van der Waals surface area contributed by atoms with E-state index in [1.165, 1.54) is 24.8 Å². The number of amides is 1. The summed E-state index contributed by atoms with van der Waals surface area (Å²) in [7, 11) is 0. The van der Waals surface area contributed by atoms with Gasteiger partial charge < -0.3 is 5.32 Å². The Balaban J connectivity index is 1.68. The van der Waals surface area contributed by atoms with Crippen LogP contribution in [-0.2, 0) is 0 Å². The van der Waals surface area contributed by atoms with E-state index in [2.05, 4.69) is 24.4 Å². The first-order valence-corrected chi connectivity index (χ1v) is 8.20. The largest absolute Gasteiger partial charge is 0.349 e. The van der Waals surface area contributed by atoms with E-state index < -0.39 is 0 Å². The molecule has 0 bridgehead atoms. The van der Waals surface area contributed by atoms with Gasteiger partial charge >= 0.3 is 0 Å². The molecule has 0 saturated heterocycles. The minimum absolute atomic E-state index is 0.0540. The van der Waals surface area contributed by atoms with E-state index in [0.29, 0.717) is 12.0 Å². The summed E-state index contributed by atoms with van der Waals surface area (Å²) in [6, 6.07) is 18.4. The van der Waals surface area contributed by atoms with Gasteiger partial charge in [0.25, 0.3) is 5.91 Å². The number of hydrogen-bond acceptors (Lipinski definition) is 1. The first-order chi connectivity index (χ1) is 10.7. The highest BCUT2D eigenvalue weighted by molar-refractivity contribution is 5.94. The zero-order chi connectivity index (χ0) is 15.4. The van der Waals surface area contributed by atoms with Crippen LogP contribution in [0.5, 0.6) is 0 Å². The monoisotopic (exact) mass is 293 g/mol. The summed E-state index contributed by atoms with van der Waals surface area (Å²) in [5.41, 5.74) is 3.07. The van der Waals surface area contributed by atoms with E-state index in [0.717, 1.165) is 17.5 Å². The SMILES string of the molecule is C[C@H]1CCCC[C@@H]1NC(=O)c1ccc(-c2ccccc2)cc1. The molecule has 114 valence electrons. The summed E-state index contributed by atoms with van der Waals surface area (Å²) < 4.78 is 0. The fourth-order valence-electron chi connectivity index (χ4n) is 3.23. The standard InChI is InChI=1S/C20H23NO/c1-15-7-5-6-10-19(15)21-20(22)18-13-11-17(12-14-18)16-8-3-2-4-9-16/h2-4,8-9,11-15,19H,5-7,10H2,1H3,(H,21,22)/t15-,19-/m0/s1. The van der Waals surface area contributed by atoms with Crippen molar-refractivity contribution in [2.45, 2.75) is 38.6 Å². The maximum Gasteiger partial charge on any atom is 0.251 e. The van der Waals surface area contributed by atoms with Gasteiger partial charge in [-0.05, 0) is 42.0 Å². The number of carbonyl (C=O) groups excluding carboxylic acids is 1. The molecule has 1 aliphatic carbocycles. The number of rotatable bonds is 3. The Morgan fingerprint density at radius 1 is 0.909 bits per heavy atom. The van der Waals surface area contributed by atoms with Gasteiger partial charge in [0, 0.05) is 11.6 Å². The minimum Gasteiger partial charge on any atom is -0.349 e. The van der Waals surface area contributed by atoms with E-state index in [1.54, 1.807) is 0 Å². The predicted octanol–water partition coefficient (Wildman–Crippen LogP) is 4.66. The van der Waals surface area contributed by atoms with Crippen LogP contribution in [0.1, 0.15) is 43.0 Å². The normalized spacial score (nSPS) is 21.3. The van der Waals surface area contributed by atoms with Crippen LogP contribution in [0.3, 0.4) is 0 Å². The molecule has 2 aromatic rings. The minimum atomic E-state index is 0.0540. The van der Waals surface area contributed by atoms with Crippen LogP contribution in [0.2, 0.25) is 0 Å². The Hall–Kier alpha value is -2.09. The lowest BCUT2D eigenvalue weighted by Gasteiger charge is -2.29. The van der Waals surface area contributed by atoms with E-state index in [1.807, 2.05) is 42.5 Å². The van der Waals surface area contributed by atoms with Crippen molar-refractivity contribution < 1.29 is 4.79 Å². The fourth-order valence-corrected chi connectivity index (χ4v) is 3.23. The lowest BCUT2D eigenvalue weighted by Crippen LogP contribution is -2.41. The highest BCUT2D eigenvalue weighted by Crippen LogP contribution is 2.24. The van der Waals surface area contributed by atoms with Crippen molar-refractivity contribution in [3.63, 3.8) is 0 Å². The number of carbonyl (C=O) groups is 1. The average molecular weight is 293 g/mol. The van der Waals surface area contributed by atoms with Crippen molar-refractivity contribution in [3.8, 4) is 11.1 Å². The predicted molar refractivity (Wildman–Crippen MR) is 90.8 cm³/mol. The second-order valence-corrected chi connectivity index (χ2v) is 6.29.